The Morgan fingerprint density at radius 2 is 1.70 bits per heavy atom. The van der Waals surface area contributed by atoms with Crippen LogP contribution in [-0.4, -0.2) is 25.1 Å². The maximum absolute atomic E-state index is 3.56. The average Bonchev–Trinajstić information content (AvgIpc) is 3.00. The summed E-state index contributed by atoms with van der Waals surface area (Å²) in [4.78, 5) is 2.54. The van der Waals surface area contributed by atoms with Crippen molar-refractivity contribution in [2.75, 3.05) is 0 Å². The zero-order chi connectivity index (χ0) is 15.0. The summed E-state index contributed by atoms with van der Waals surface area (Å²) in [7, 11) is -1.28. The minimum atomic E-state index is -1.28. The fourth-order valence-corrected chi connectivity index (χ4v) is 3.27. The molecule has 0 saturated carbocycles. The molecule has 1 aliphatic heterocycles. The summed E-state index contributed by atoms with van der Waals surface area (Å²) in [6.45, 7) is 14.9. The summed E-state index contributed by atoms with van der Waals surface area (Å²) in [5.74, 6) is 3.56. The van der Waals surface area contributed by atoms with Crippen molar-refractivity contribution in [2.24, 2.45) is 5.41 Å². The van der Waals surface area contributed by atoms with E-state index in [-0.39, 0.29) is 0 Å². The van der Waals surface area contributed by atoms with E-state index >= 15 is 0 Å². The van der Waals surface area contributed by atoms with Gasteiger partial charge >= 0.3 is 0 Å². The van der Waals surface area contributed by atoms with Crippen LogP contribution in [0.2, 0.25) is 19.6 Å². The summed E-state index contributed by atoms with van der Waals surface area (Å²) in [5, 5.41) is 0. The zero-order valence-electron chi connectivity index (χ0n) is 13.7. The second-order valence-electron chi connectivity index (χ2n) is 7.93. The van der Waals surface area contributed by atoms with E-state index in [2.05, 4.69) is 87.1 Å². The van der Waals surface area contributed by atoms with Gasteiger partial charge in [0.05, 0.1) is 6.04 Å². The number of hydrogen-bond donors (Lipinski definition) is 0. The third-order valence-electron chi connectivity index (χ3n) is 3.61. The molecule has 2 rings (SSSR count). The normalized spacial score (nSPS) is 25.8. The van der Waals surface area contributed by atoms with E-state index in [0.29, 0.717) is 17.5 Å². The van der Waals surface area contributed by atoms with E-state index in [1.54, 1.807) is 0 Å². The topological polar surface area (TPSA) is 3.01 Å². The molecule has 1 heterocycles. The number of hydrogen-bond acceptors (Lipinski definition) is 1. The third kappa shape index (κ3) is 3.98. The molecule has 3 atom stereocenters. The fraction of sp³-hybridized carbons (Fsp3) is 0.556. The predicted octanol–water partition coefficient (Wildman–Crippen LogP) is 4.17. The lowest BCUT2D eigenvalue weighted by Gasteiger charge is -2.17. The van der Waals surface area contributed by atoms with Crippen LogP contribution >= 0.6 is 0 Å². The summed E-state index contributed by atoms with van der Waals surface area (Å²) >= 11 is 0. The Kier molecular flexibility index (Phi) is 4.13. The van der Waals surface area contributed by atoms with Crippen LogP contribution in [0.1, 0.15) is 26.3 Å². The van der Waals surface area contributed by atoms with E-state index in [1.165, 1.54) is 5.56 Å². The van der Waals surface area contributed by atoms with Crippen molar-refractivity contribution >= 4 is 8.07 Å². The first-order valence-electron chi connectivity index (χ1n) is 7.51. The minimum Gasteiger partial charge on any atom is -0.278 e. The SMILES string of the molecule is CC(C)(C)C1C(C#C[Si](C)(C)C)N1Cc1ccccc1. The highest BCUT2D eigenvalue weighted by Crippen LogP contribution is 2.42. The van der Waals surface area contributed by atoms with E-state index in [4.69, 9.17) is 0 Å². The Labute approximate surface area is 125 Å². The summed E-state index contributed by atoms with van der Waals surface area (Å²) in [6.07, 6.45) is 0. The quantitative estimate of drug-likeness (QED) is 0.448. The van der Waals surface area contributed by atoms with Crippen LogP contribution in [-0.2, 0) is 6.54 Å². The van der Waals surface area contributed by atoms with Crippen LogP contribution in [0.15, 0.2) is 30.3 Å². The molecule has 1 aromatic rings. The van der Waals surface area contributed by atoms with Crippen molar-refractivity contribution in [3.05, 3.63) is 35.9 Å². The van der Waals surface area contributed by atoms with Crippen molar-refractivity contribution in [1.82, 2.24) is 4.90 Å². The summed E-state index contributed by atoms with van der Waals surface area (Å²) < 4.78 is 0. The molecule has 0 radical (unpaired) electrons. The first kappa shape index (κ1) is 15.3. The Morgan fingerprint density at radius 1 is 1.10 bits per heavy atom. The maximum atomic E-state index is 3.56. The molecule has 0 spiro atoms. The Bertz CT molecular complexity index is 510. The molecule has 1 fully saturated rings. The van der Waals surface area contributed by atoms with Crippen LogP contribution in [0.3, 0.4) is 0 Å². The van der Waals surface area contributed by atoms with Crippen molar-refractivity contribution in [1.29, 1.82) is 0 Å². The van der Waals surface area contributed by atoms with Gasteiger partial charge in [0.1, 0.15) is 8.07 Å². The van der Waals surface area contributed by atoms with Crippen LogP contribution < -0.4 is 0 Å². The lowest BCUT2D eigenvalue weighted by Crippen LogP contribution is -2.19. The number of nitrogens with zero attached hydrogens (tertiary/aromatic N) is 1. The van der Waals surface area contributed by atoms with Crippen molar-refractivity contribution in [2.45, 2.75) is 59.0 Å². The molecule has 0 aromatic heterocycles. The molecule has 1 aliphatic rings. The second-order valence-corrected chi connectivity index (χ2v) is 12.7. The Balaban J connectivity index is 2.12. The summed E-state index contributed by atoms with van der Waals surface area (Å²) in [5.41, 5.74) is 5.24. The molecule has 2 heteroatoms. The molecule has 108 valence electrons. The number of benzene rings is 1. The van der Waals surface area contributed by atoms with Gasteiger partial charge in [0.15, 0.2) is 0 Å². The number of rotatable bonds is 2. The van der Waals surface area contributed by atoms with Crippen molar-refractivity contribution < 1.29 is 0 Å². The van der Waals surface area contributed by atoms with E-state index < -0.39 is 8.07 Å². The molecule has 20 heavy (non-hydrogen) atoms. The Hall–Kier alpha value is -1.04. The van der Waals surface area contributed by atoms with Gasteiger partial charge in [-0.3, -0.25) is 4.90 Å². The molecule has 3 unspecified atom stereocenters. The highest BCUT2D eigenvalue weighted by molar-refractivity contribution is 6.83. The van der Waals surface area contributed by atoms with Gasteiger partial charge < -0.3 is 0 Å². The molecule has 0 N–H and O–H groups in total. The van der Waals surface area contributed by atoms with E-state index in [1.807, 2.05) is 0 Å². The van der Waals surface area contributed by atoms with Crippen LogP contribution in [0, 0.1) is 16.9 Å². The van der Waals surface area contributed by atoms with Gasteiger partial charge in [-0.15, -0.1) is 5.54 Å². The summed E-state index contributed by atoms with van der Waals surface area (Å²) in [6, 6.07) is 11.8. The smallest absolute Gasteiger partial charge is 0.129 e. The van der Waals surface area contributed by atoms with Crippen molar-refractivity contribution in [3.63, 3.8) is 0 Å². The van der Waals surface area contributed by atoms with Crippen molar-refractivity contribution in [3.8, 4) is 11.5 Å². The van der Waals surface area contributed by atoms with Gasteiger partial charge in [-0.1, -0.05) is 76.7 Å². The molecule has 0 amide bonds. The van der Waals surface area contributed by atoms with Gasteiger partial charge in [0, 0.05) is 12.6 Å². The molecular weight excluding hydrogens is 258 g/mol. The monoisotopic (exact) mass is 285 g/mol. The van der Waals surface area contributed by atoms with Crippen LogP contribution in [0.4, 0.5) is 0 Å². The van der Waals surface area contributed by atoms with Gasteiger partial charge in [0.25, 0.3) is 0 Å². The average molecular weight is 286 g/mol. The van der Waals surface area contributed by atoms with Crippen LogP contribution in [0.5, 0.6) is 0 Å². The first-order chi connectivity index (χ1) is 9.18. The zero-order valence-corrected chi connectivity index (χ0v) is 14.7. The fourth-order valence-electron chi connectivity index (χ4n) is 2.69. The maximum Gasteiger partial charge on any atom is 0.129 e. The third-order valence-corrected chi connectivity index (χ3v) is 4.51. The molecule has 1 aromatic carbocycles. The van der Waals surface area contributed by atoms with Crippen LogP contribution in [0.25, 0.3) is 0 Å². The van der Waals surface area contributed by atoms with Gasteiger partial charge in [-0.05, 0) is 11.0 Å². The van der Waals surface area contributed by atoms with E-state index in [9.17, 15) is 0 Å². The highest BCUT2D eigenvalue weighted by Gasteiger charge is 2.52. The molecule has 1 saturated heterocycles. The predicted molar refractivity (Wildman–Crippen MR) is 90.1 cm³/mol. The molecule has 1 nitrogen and oxygen atoms in total. The van der Waals surface area contributed by atoms with Gasteiger partial charge in [0.2, 0.25) is 0 Å². The minimum absolute atomic E-state index is 0.299. The van der Waals surface area contributed by atoms with Gasteiger partial charge in [-0.25, -0.2) is 0 Å². The molecule has 0 bridgehead atoms. The standard InChI is InChI=1S/C18H27NSi/c1-18(2,3)17-16(12-13-20(4,5)6)19(17)14-15-10-8-7-9-11-15/h7-11,16-17H,14H2,1-6H3. The van der Waals surface area contributed by atoms with Gasteiger partial charge in [-0.2, -0.15) is 0 Å². The largest absolute Gasteiger partial charge is 0.278 e. The lowest BCUT2D eigenvalue weighted by molar-refractivity contribution is 0.324. The molecule has 0 aliphatic carbocycles. The molecular formula is C18H27NSi. The second kappa shape index (κ2) is 5.39. The Morgan fingerprint density at radius 3 is 2.20 bits per heavy atom. The van der Waals surface area contributed by atoms with E-state index in [0.717, 1.165) is 6.54 Å². The highest BCUT2D eigenvalue weighted by atomic mass is 28.3. The lowest BCUT2D eigenvalue weighted by atomic mass is 9.90. The first-order valence-corrected chi connectivity index (χ1v) is 11.0.